The lowest BCUT2D eigenvalue weighted by atomic mass is 10.3. The first-order valence-corrected chi connectivity index (χ1v) is 6.23. The summed E-state index contributed by atoms with van der Waals surface area (Å²) in [4.78, 5) is 15.1. The number of rotatable bonds is 3. The molecule has 0 saturated carbocycles. The van der Waals surface area contributed by atoms with Gasteiger partial charge < -0.3 is 4.90 Å². The van der Waals surface area contributed by atoms with Gasteiger partial charge >= 0.3 is 6.03 Å². The van der Waals surface area contributed by atoms with Crippen molar-refractivity contribution in [2.24, 2.45) is 0 Å². The highest BCUT2D eigenvalue weighted by Gasteiger charge is 2.30. The van der Waals surface area contributed by atoms with Crippen molar-refractivity contribution < 1.29 is 9.18 Å². The van der Waals surface area contributed by atoms with E-state index in [1.165, 1.54) is 11.0 Å². The Labute approximate surface area is 102 Å². The van der Waals surface area contributed by atoms with Gasteiger partial charge in [0, 0.05) is 25.0 Å². The van der Waals surface area contributed by atoms with Crippen molar-refractivity contribution in [1.82, 2.24) is 4.90 Å². The van der Waals surface area contributed by atoms with Crippen LogP contribution < -0.4 is 4.90 Å². The molecule has 0 radical (unpaired) electrons. The number of carbonyl (C=O) groups is 1. The topological polar surface area (TPSA) is 23.6 Å². The van der Waals surface area contributed by atoms with Crippen molar-refractivity contribution in [1.29, 1.82) is 0 Å². The quantitative estimate of drug-likeness (QED) is 0.783. The zero-order chi connectivity index (χ0) is 11.5. The molecule has 0 spiro atoms. The number of urea groups is 1. The summed E-state index contributed by atoms with van der Waals surface area (Å²) in [6.07, 6.45) is 0. The fourth-order valence-corrected chi connectivity index (χ4v) is 2.21. The number of nitrogens with zero attached hydrogens (tertiary/aromatic N) is 2. The van der Waals surface area contributed by atoms with Crippen LogP contribution in [0.5, 0.6) is 0 Å². The largest absolute Gasteiger partial charge is 0.324 e. The van der Waals surface area contributed by atoms with Crippen molar-refractivity contribution in [2.45, 2.75) is 0 Å². The third-order valence-corrected chi connectivity index (χ3v) is 2.95. The molecule has 1 aromatic rings. The molecular formula is C11H12BrFN2O. The first kappa shape index (κ1) is 11.4. The van der Waals surface area contributed by atoms with Crippen molar-refractivity contribution in [3.8, 4) is 0 Å². The first-order valence-electron chi connectivity index (χ1n) is 5.11. The molecule has 1 fully saturated rings. The number of hydrogen-bond donors (Lipinski definition) is 0. The SMILES string of the molecule is O=C1N(CCBr)CCN1c1ccccc1F. The van der Waals surface area contributed by atoms with Gasteiger partial charge in [-0.3, -0.25) is 4.90 Å². The van der Waals surface area contributed by atoms with Gasteiger partial charge in [-0.1, -0.05) is 28.1 Å². The van der Waals surface area contributed by atoms with Gasteiger partial charge in [0.1, 0.15) is 5.82 Å². The lowest BCUT2D eigenvalue weighted by Gasteiger charge is -2.18. The average molecular weight is 287 g/mol. The molecule has 1 aliphatic rings. The number of halogens is 2. The number of alkyl halides is 1. The summed E-state index contributed by atoms with van der Waals surface area (Å²) < 4.78 is 13.5. The van der Waals surface area contributed by atoms with Gasteiger partial charge in [-0.2, -0.15) is 0 Å². The van der Waals surface area contributed by atoms with E-state index < -0.39 is 0 Å². The van der Waals surface area contributed by atoms with Crippen molar-refractivity contribution in [3.63, 3.8) is 0 Å². The van der Waals surface area contributed by atoms with Gasteiger partial charge in [0.25, 0.3) is 0 Å². The van der Waals surface area contributed by atoms with Crippen LogP contribution in [0.15, 0.2) is 24.3 Å². The highest BCUT2D eigenvalue weighted by Crippen LogP contribution is 2.23. The summed E-state index contributed by atoms with van der Waals surface area (Å²) in [5.74, 6) is -0.350. The van der Waals surface area contributed by atoms with Crippen LogP contribution in [-0.4, -0.2) is 35.9 Å². The maximum absolute atomic E-state index is 13.5. The van der Waals surface area contributed by atoms with E-state index in [-0.39, 0.29) is 11.8 Å². The maximum Gasteiger partial charge on any atom is 0.324 e. The second-order valence-electron chi connectivity index (χ2n) is 3.56. The van der Waals surface area contributed by atoms with Crippen molar-refractivity contribution >= 4 is 27.6 Å². The van der Waals surface area contributed by atoms with Gasteiger partial charge in [0.05, 0.1) is 5.69 Å². The molecule has 0 unspecified atom stereocenters. The van der Waals surface area contributed by atoms with Crippen molar-refractivity contribution in [2.75, 3.05) is 29.9 Å². The van der Waals surface area contributed by atoms with Crippen LogP contribution in [0.4, 0.5) is 14.9 Å². The molecule has 0 aromatic heterocycles. The Morgan fingerprint density at radius 1 is 1.31 bits per heavy atom. The minimum atomic E-state index is -0.350. The zero-order valence-electron chi connectivity index (χ0n) is 8.70. The van der Waals surface area contributed by atoms with E-state index in [1.54, 1.807) is 23.1 Å². The third-order valence-electron chi connectivity index (χ3n) is 2.59. The molecule has 16 heavy (non-hydrogen) atoms. The van der Waals surface area contributed by atoms with Crippen LogP contribution in [0.25, 0.3) is 0 Å². The number of carbonyl (C=O) groups excluding carboxylic acids is 1. The first-order chi connectivity index (χ1) is 7.74. The predicted molar refractivity (Wildman–Crippen MR) is 64.5 cm³/mol. The summed E-state index contributed by atoms with van der Waals surface area (Å²) in [6, 6.07) is 6.24. The van der Waals surface area contributed by atoms with Crippen LogP contribution in [0.1, 0.15) is 0 Å². The Morgan fingerprint density at radius 2 is 2.06 bits per heavy atom. The van der Waals surface area contributed by atoms with Gasteiger partial charge in [-0.25, -0.2) is 9.18 Å². The summed E-state index contributed by atoms with van der Waals surface area (Å²) in [6.45, 7) is 1.86. The molecule has 0 atom stereocenters. The molecule has 1 aliphatic heterocycles. The van der Waals surface area contributed by atoms with Gasteiger partial charge in [0.2, 0.25) is 0 Å². The Balaban J connectivity index is 2.19. The average Bonchev–Trinajstić information content (AvgIpc) is 2.62. The molecule has 3 nitrogen and oxygen atoms in total. The van der Waals surface area contributed by atoms with E-state index in [0.29, 0.717) is 25.3 Å². The molecule has 2 amide bonds. The van der Waals surface area contributed by atoms with E-state index >= 15 is 0 Å². The maximum atomic E-state index is 13.5. The fraction of sp³-hybridized carbons (Fsp3) is 0.364. The highest BCUT2D eigenvalue weighted by atomic mass is 79.9. The number of benzene rings is 1. The highest BCUT2D eigenvalue weighted by molar-refractivity contribution is 9.09. The molecular weight excluding hydrogens is 275 g/mol. The van der Waals surface area contributed by atoms with Crippen LogP contribution in [0, 0.1) is 5.82 Å². The zero-order valence-corrected chi connectivity index (χ0v) is 10.3. The number of hydrogen-bond acceptors (Lipinski definition) is 1. The molecule has 1 aromatic carbocycles. The molecule has 1 saturated heterocycles. The number of para-hydroxylation sites is 1. The summed E-state index contributed by atoms with van der Waals surface area (Å²) in [7, 11) is 0. The Bertz CT molecular complexity index is 399. The molecule has 1 heterocycles. The second kappa shape index (κ2) is 4.82. The number of anilines is 1. The van der Waals surface area contributed by atoms with E-state index in [1.807, 2.05) is 0 Å². The van der Waals surface area contributed by atoms with Crippen LogP contribution in [0.3, 0.4) is 0 Å². The summed E-state index contributed by atoms with van der Waals surface area (Å²) in [5, 5.41) is 0.740. The van der Waals surface area contributed by atoms with Gasteiger partial charge in [-0.05, 0) is 12.1 Å². The van der Waals surface area contributed by atoms with Crippen LogP contribution in [-0.2, 0) is 0 Å². The lowest BCUT2D eigenvalue weighted by Crippen LogP contribution is -2.33. The molecule has 0 bridgehead atoms. The third kappa shape index (κ3) is 2.04. The predicted octanol–water partition coefficient (Wildman–Crippen LogP) is 2.46. The Hall–Kier alpha value is -1.10. The Kier molecular flexibility index (Phi) is 3.43. The molecule has 5 heteroatoms. The monoisotopic (exact) mass is 286 g/mol. The van der Waals surface area contributed by atoms with Gasteiger partial charge in [-0.15, -0.1) is 0 Å². The minimum Gasteiger partial charge on any atom is -0.322 e. The molecule has 0 aliphatic carbocycles. The lowest BCUT2D eigenvalue weighted by molar-refractivity contribution is 0.223. The molecule has 2 rings (SSSR count). The minimum absolute atomic E-state index is 0.121. The number of amides is 2. The summed E-state index contributed by atoms with van der Waals surface area (Å²) >= 11 is 3.29. The van der Waals surface area contributed by atoms with Gasteiger partial charge in [0.15, 0.2) is 0 Å². The molecule has 86 valence electrons. The standard InChI is InChI=1S/C11H12BrFN2O/c12-5-6-14-7-8-15(11(14)16)10-4-2-1-3-9(10)13/h1-4H,5-8H2. The smallest absolute Gasteiger partial charge is 0.322 e. The van der Waals surface area contributed by atoms with Crippen molar-refractivity contribution in [3.05, 3.63) is 30.1 Å². The van der Waals surface area contributed by atoms with Crippen LogP contribution in [0.2, 0.25) is 0 Å². The summed E-state index contributed by atoms with van der Waals surface area (Å²) in [5.41, 5.74) is 0.365. The van der Waals surface area contributed by atoms with E-state index in [0.717, 1.165) is 5.33 Å². The van der Waals surface area contributed by atoms with E-state index in [4.69, 9.17) is 0 Å². The molecule has 0 N–H and O–H groups in total. The van der Waals surface area contributed by atoms with E-state index in [9.17, 15) is 9.18 Å². The van der Waals surface area contributed by atoms with Crippen LogP contribution >= 0.6 is 15.9 Å². The van der Waals surface area contributed by atoms with E-state index in [2.05, 4.69) is 15.9 Å². The second-order valence-corrected chi connectivity index (χ2v) is 4.35. The Morgan fingerprint density at radius 3 is 2.75 bits per heavy atom. The fourth-order valence-electron chi connectivity index (χ4n) is 1.79. The normalized spacial score (nSPS) is 16.0.